The van der Waals surface area contributed by atoms with Crippen LogP contribution in [-0.4, -0.2) is 19.4 Å². The van der Waals surface area contributed by atoms with E-state index in [1.807, 2.05) is 25.7 Å². The molecule has 0 heterocycles. The molecule has 0 spiro atoms. The van der Waals surface area contributed by atoms with E-state index in [1.165, 1.54) is 23.3 Å². The van der Waals surface area contributed by atoms with Crippen LogP contribution in [0.15, 0.2) is 18.2 Å². The van der Waals surface area contributed by atoms with Crippen molar-refractivity contribution >= 4 is 11.8 Å². The van der Waals surface area contributed by atoms with Crippen LogP contribution in [0.2, 0.25) is 0 Å². The predicted molar refractivity (Wildman–Crippen MR) is 90.7 cm³/mol. The third-order valence-electron chi connectivity index (χ3n) is 3.41. The van der Waals surface area contributed by atoms with E-state index in [-0.39, 0.29) is 0 Å². The highest BCUT2D eigenvalue weighted by Crippen LogP contribution is 2.27. The van der Waals surface area contributed by atoms with Crippen molar-refractivity contribution in [2.45, 2.75) is 45.9 Å². The zero-order chi connectivity index (χ0) is 15.0. The van der Waals surface area contributed by atoms with E-state index < -0.39 is 0 Å². The molecule has 0 aliphatic rings. The Hall–Kier alpha value is -0.670. The lowest BCUT2D eigenvalue weighted by molar-refractivity contribution is 0.337. The van der Waals surface area contributed by atoms with Gasteiger partial charge in [-0.05, 0) is 56.7 Å². The molecule has 0 saturated carbocycles. The molecular weight excluding hydrogens is 266 g/mol. The maximum atomic E-state index is 5.75. The molecule has 1 rings (SSSR count). The Labute approximate surface area is 128 Å². The number of ether oxygens (including phenoxy) is 1. The number of hydrogen-bond donors (Lipinski definition) is 1. The van der Waals surface area contributed by atoms with E-state index in [0.717, 1.165) is 24.0 Å². The Morgan fingerprint density at radius 2 is 2.00 bits per heavy atom. The molecule has 1 N–H and O–H groups in total. The first-order chi connectivity index (χ1) is 9.58. The van der Waals surface area contributed by atoms with Crippen LogP contribution >= 0.6 is 11.8 Å². The first-order valence-corrected chi connectivity index (χ1v) is 8.74. The molecule has 1 aromatic carbocycles. The quantitative estimate of drug-likeness (QED) is 0.670. The third kappa shape index (κ3) is 5.76. The second kappa shape index (κ2) is 9.30. The summed E-state index contributed by atoms with van der Waals surface area (Å²) in [5.74, 6) is 4.07. The van der Waals surface area contributed by atoms with Gasteiger partial charge >= 0.3 is 0 Å². The lowest BCUT2D eigenvalue weighted by Crippen LogP contribution is -2.12. The Morgan fingerprint density at radius 1 is 1.25 bits per heavy atom. The molecule has 20 heavy (non-hydrogen) atoms. The predicted octanol–water partition coefficient (Wildman–Crippen LogP) is 4.65. The van der Waals surface area contributed by atoms with Gasteiger partial charge in [-0.1, -0.05) is 19.9 Å². The molecule has 2 nitrogen and oxygen atoms in total. The molecule has 3 heteroatoms. The normalized spacial score (nSPS) is 12.7. The molecule has 0 aliphatic carbocycles. The average Bonchev–Trinajstić information content (AvgIpc) is 2.44. The summed E-state index contributed by atoms with van der Waals surface area (Å²) in [6, 6.07) is 6.94. The lowest BCUT2D eigenvalue weighted by atomic mass is 10.1. The molecule has 0 radical (unpaired) electrons. The van der Waals surface area contributed by atoms with Gasteiger partial charge in [0.2, 0.25) is 0 Å². The Morgan fingerprint density at radius 3 is 2.60 bits per heavy atom. The number of thioether (sulfide) groups is 1. The highest BCUT2D eigenvalue weighted by atomic mass is 32.2. The minimum atomic E-state index is 0.380. The molecule has 1 unspecified atom stereocenters. The van der Waals surface area contributed by atoms with Crippen LogP contribution in [0.4, 0.5) is 0 Å². The van der Waals surface area contributed by atoms with Gasteiger partial charge in [0, 0.05) is 17.4 Å². The fourth-order valence-electron chi connectivity index (χ4n) is 1.95. The first-order valence-electron chi connectivity index (χ1n) is 7.59. The summed E-state index contributed by atoms with van der Waals surface area (Å²) in [4.78, 5) is 0. The smallest absolute Gasteiger partial charge is 0.123 e. The van der Waals surface area contributed by atoms with Gasteiger partial charge in [-0.3, -0.25) is 0 Å². The molecule has 1 atom stereocenters. The second-order valence-electron chi connectivity index (χ2n) is 5.55. The Bertz CT molecular complexity index is 393. The molecule has 0 aliphatic heterocycles. The number of nitrogens with one attached hydrogen (secondary N) is 1. The van der Waals surface area contributed by atoms with Crippen LogP contribution in [0, 0.1) is 5.92 Å². The summed E-state index contributed by atoms with van der Waals surface area (Å²) in [7, 11) is 2.00. The fraction of sp³-hybridized carbons (Fsp3) is 0.647. The van der Waals surface area contributed by atoms with Crippen LogP contribution in [-0.2, 0) is 5.75 Å². The molecule has 0 saturated heterocycles. The minimum Gasteiger partial charge on any atom is -0.494 e. The van der Waals surface area contributed by atoms with Crippen LogP contribution in [0.3, 0.4) is 0 Å². The van der Waals surface area contributed by atoms with Crippen molar-refractivity contribution in [1.29, 1.82) is 0 Å². The summed E-state index contributed by atoms with van der Waals surface area (Å²) in [5, 5.41) is 3.29. The maximum absolute atomic E-state index is 5.75. The monoisotopic (exact) mass is 295 g/mol. The minimum absolute atomic E-state index is 0.380. The van der Waals surface area contributed by atoms with Gasteiger partial charge in [-0.15, -0.1) is 0 Å². The van der Waals surface area contributed by atoms with Crippen molar-refractivity contribution in [3.63, 3.8) is 0 Å². The second-order valence-corrected chi connectivity index (χ2v) is 6.65. The standard InChI is InChI=1S/C17H29NOS/c1-6-19-17-8-7-15(14(4)18-5)11-16(17)12-20-10-9-13(2)3/h7-8,11,13-14,18H,6,9-10,12H2,1-5H3. The van der Waals surface area contributed by atoms with Crippen molar-refractivity contribution in [1.82, 2.24) is 5.32 Å². The summed E-state index contributed by atoms with van der Waals surface area (Å²) in [6.45, 7) is 9.51. The van der Waals surface area contributed by atoms with Crippen molar-refractivity contribution in [2.75, 3.05) is 19.4 Å². The highest BCUT2D eigenvalue weighted by Gasteiger charge is 2.09. The molecular formula is C17H29NOS. The van der Waals surface area contributed by atoms with E-state index >= 15 is 0 Å². The first kappa shape index (κ1) is 17.4. The summed E-state index contributed by atoms with van der Waals surface area (Å²) < 4.78 is 5.75. The van der Waals surface area contributed by atoms with Gasteiger partial charge in [0.15, 0.2) is 0 Å². The maximum Gasteiger partial charge on any atom is 0.123 e. The van der Waals surface area contributed by atoms with Crippen LogP contribution in [0.1, 0.15) is 51.3 Å². The molecule has 1 aromatic rings. The van der Waals surface area contributed by atoms with Gasteiger partial charge in [-0.2, -0.15) is 11.8 Å². The van der Waals surface area contributed by atoms with Crippen LogP contribution in [0.5, 0.6) is 5.75 Å². The van der Waals surface area contributed by atoms with Gasteiger partial charge in [0.05, 0.1) is 6.61 Å². The summed E-state index contributed by atoms with van der Waals surface area (Å²) in [5.41, 5.74) is 2.65. The topological polar surface area (TPSA) is 21.3 Å². The lowest BCUT2D eigenvalue weighted by Gasteiger charge is -2.16. The zero-order valence-electron chi connectivity index (χ0n) is 13.5. The number of hydrogen-bond acceptors (Lipinski definition) is 3. The van der Waals surface area contributed by atoms with Gasteiger partial charge in [0.25, 0.3) is 0 Å². The fourth-order valence-corrected chi connectivity index (χ4v) is 3.17. The molecule has 0 amide bonds. The Balaban J connectivity index is 2.72. The van der Waals surface area contributed by atoms with Crippen molar-refractivity contribution in [3.8, 4) is 5.75 Å². The van der Waals surface area contributed by atoms with Crippen molar-refractivity contribution < 1.29 is 4.74 Å². The molecule has 114 valence electrons. The highest BCUT2D eigenvalue weighted by molar-refractivity contribution is 7.98. The van der Waals surface area contributed by atoms with E-state index in [1.54, 1.807) is 0 Å². The summed E-state index contributed by atoms with van der Waals surface area (Å²) >= 11 is 2.00. The largest absolute Gasteiger partial charge is 0.494 e. The SMILES string of the molecule is CCOc1ccc(C(C)NC)cc1CSCCC(C)C. The van der Waals surface area contributed by atoms with E-state index in [2.05, 4.69) is 44.3 Å². The third-order valence-corrected chi connectivity index (χ3v) is 4.45. The number of rotatable bonds is 9. The summed E-state index contributed by atoms with van der Waals surface area (Å²) in [6.07, 6.45) is 1.28. The van der Waals surface area contributed by atoms with E-state index in [4.69, 9.17) is 4.74 Å². The van der Waals surface area contributed by atoms with Crippen LogP contribution in [0.25, 0.3) is 0 Å². The van der Waals surface area contributed by atoms with Gasteiger partial charge in [-0.25, -0.2) is 0 Å². The molecule has 0 bridgehead atoms. The van der Waals surface area contributed by atoms with Crippen LogP contribution < -0.4 is 10.1 Å². The average molecular weight is 295 g/mol. The van der Waals surface area contributed by atoms with Gasteiger partial charge in [0.1, 0.15) is 5.75 Å². The van der Waals surface area contributed by atoms with Gasteiger partial charge < -0.3 is 10.1 Å². The number of benzene rings is 1. The van der Waals surface area contributed by atoms with E-state index in [9.17, 15) is 0 Å². The van der Waals surface area contributed by atoms with E-state index in [0.29, 0.717) is 6.04 Å². The Kier molecular flexibility index (Phi) is 8.08. The van der Waals surface area contributed by atoms with Crippen molar-refractivity contribution in [3.05, 3.63) is 29.3 Å². The zero-order valence-corrected chi connectivity index (χ0v) is 14.3. The molecule has 0 fully saturated rings. The molecule has 0 aromatic heterocycles. The van der Waals surface area contributed by atoms with Crippen molar-refractivity contribution in [2.24, 2.45) is 5.92 Å².